The molecule has 0 aliphatic heterocycles. The van der Waals surface area contributed by atoms with Crippen LogP contribution in [0.3, 0.4) is 0 Å². The molecule has 0 bridgehead atoms. The molecule has 0 atom stereocenters. The van der Waals surface area contributed by atoms with Gasteiger partial charge in [0.1, 0.15) is 5.75 Å². The summed E-state index contributed by atoms with van der Waals surface area (Å²) in [6, 6.07) is 10.1. The minimum Gasteiger partial charge on any atom is -0.495 e. The molecule has 0 heterocycles. The molecular formula is C16H14BrClN2O3. The van der Waals surface area contributed by atoms with E-state index in [1.807, 2.05) is 13.0 Å². The van der Waals surface area contributed by atoms with Crippen molar-refractivity contribution in [1.82, 2.24) is 0 Å². The smallest absolute Gasteiger partial charge is 0.314 e. The topological polar surface area (TPSA) is 67.4 Å². The van der Waals surface area contributed by atoms with Crippen molar-refractivity contribution in [2.75, 3.05) is 17.7 Å². The van der Waals surface area contributed by atoms with Gasteiger partial charge in [-0.3, -0.25) is 9.59 Å². The number of carbonyl (C=O) groups excluding carboxylic acids is 2. The summed E-state index contributed by atoms with van der Waals surface area (Å²) in [6.07, 6.45) is 0. The monoisotopic (exact) mass is 396 g/mol. The lowest BCUT2D eigenvalue weighted by Crippen LogP contribution is -2.29. The quantitative estimate of drug-likeness (QED) is 0.769. The SMILES string of the molecule is COc1ccc(NC(=O)C(=O)Nc2ccc(Br)cc2C)cc1Cl. The maximum absolute atomic E-state index is 12.0. The molecule has 5 nitrogen and oxygen atoms in total. The van der Waals surface area contributed by atoms with Crippen molar-refractivity contribution in [2.24, 2.45) is 0 Å². The Hall–Kier alpha value is -2.05. The average molecular weight is 398 g/mol. The summed E-state index contributed by atoms with van der Waals surface area (Å²) in [5, 5.41) is 5.39. The molecule has 0 fully saturated rings. The molecule has 2 N–H and O–H groups in total. The van der Waals surface area contributed by atoms with Gasteiger partial charge >= 0.3 is 11.8 Å². The number of carbonyl (C=O) groups is 2. The van der Waals surface area contributed by atoms with Crippen molar-refractivity contribution >= 4 is 50.7 Å². The van der Waals surface area contributed by atoms with Crippen LogP contribution in [0.1, 0.15) is 5.56 Å². The van der Waals surface area contributed by atoms with E-state index in [1.54, 1.807) is 24.3 Å². The number of amides is 2. The average Bonchev–Trinajstić information content (AvgIpc) is 2.50. The number of benzene rings is 2. The number of ether oxygens (including phenoxy) is 1. The number of methoxy groups -OCH3 is 1. The highest BCUT2D eigenvalue weighted by Crippen LogP contribution is 2.27. The van der Waals surface area contributed by atoms with Crippen molar-refractivity contribution in [1.29, 1.82) is 0 Å². The maximum Gasteiger partial charge on any atom is 0.314 e. The summed E-state index contributed by atoms with van der Waals surface area (Å²) >= 11 is 9.32. The molecule has 0 saturated carbocycles. The molecule has 0 aliphatic carbocycles. The number of anilines is 2. The third-order valence-corrected chi connectivity index (χ3v) is 3.84. The van der Waals surface area contributed by atoms with Crippen molar-refractivity contribution in [3.8, 4) is 5.75 Å². The van der Waals surface area contributed by atoms with Gasteiger partial charge in [-0.15, -0.1) is 0 Å². The second kappa shape index (κ2) is 7.48. The summed E-state index contributed by atoms with van der Waals surface area (Å²) in [5.74, 6) is -1.06. The zero-order valence-electron chi connectivity index (χ0n) is 12.4. The number of halogens is 2. The lowest BCUT2D eigenvalue weighted by molar-refractivity contribution is -0.133. The van der Waals surface area contributed by atoms with E-state index >= 15 is 0 Å². The third-order valence-electron chi connectivity index (χ3n) is 3.05. The molecule has 0 spiro atoms. The molecule has 0 saturated heterocycles. The van der Waals surface area contributed by atoms with Gasteiger partial charge in [-0.1, -0.05) is 27.5 Å². The van der Waals surface area contributed by atoms with E-state index in [1.165, 1.54) is 13.2 Å². The lowest BCUT2D eigenvalue weighted by Gasteiger charge is -2.10. The molecule has 0 unspecified atom stereocenters. The number of rotatable bonds is 3. The Bertz CT molecular complexity index is 765. The molecule has 0 aliphatic rings. The maximum atomic E-state index is 12.0. The first-order valence-corrected chi connectivity index (χ1v) is 7.80. The van der Waals surface area contributed by atoms with E-state index < -0.39 is 11.8 Å². The Labute approximate surface area is 147 Å². The van der Waals surface area contributed by atoms with Gasteiger partial charge in [0.05, 0.1) is 12.1 Å². The van der Waals surface area contributed by atoms with Gasteiger partial charge in [0.15, 0.2) is 0 Å². The molecule has 0 radical (unpaired) electrons. The van der Waals surface area contributed by atoms with Crippen molar-refractivity contribution in [3.05, 3.63) is 51.5 Å². The van der Waals surface area contributed by atoms with E-state index in [0.717, 1.165) is 10.0 Å². The van der Waals surface area contributed by atoms with Crippen LogP contribution in [0.4, 0.5) is 11.4 Å². The van der Waals surface area contributed by atoms with Gasteiger partial charge < -0.3 is 15.4 Å². The molecule has 2 rings (SSSR count). The molecule has 2 aromatic carbocycles. The fourth-order valence-corrected chi connectivity index (χ4v) is 2.61. The molecule has 2 amide bonds. The minimum absolute atomic E-state index is 0.342. The summed E-state index contributed by atoms with van der Waals surface area (Å²) in [7, 11) is 1.49. The predicted octanol–water partition coefficient (Wildman–Crippen LogP) is 4.00. The van der Waals surface area contributed by atoms with Crippen LogP contribution in [-0.2, 0) is 9.59 Å². The number of hydrogen-bond donors (Lipinski definition) is 2. The summed E-state index contributed by atoms with van der Waals surface area (Å²) in [4.78, 5) is 23.9. The fraction of sp³-hybridized carbons (Fsp3) is 0.125. The molecule has 7 heteroatoms. The van der Waals surface area contributed by atoms with Crippen LogP contribution in [0.15, 0.2) is 40.9 Å². The van der Waals surface area contributed by atoms with Crippen LogP contribution >= 0.6 is 27.5 Å². The highest BCUT2D eigenvalue weighted by molar-refractivity contribution is 9.10. The molecule has 120 valence electrons. The van der Waals surface area contributed by atoms with Crippen molar-refractivity contribution in [3.63, 3.8) is 0 Å². The van der Waals surface area contributed by atoms with Gasteiger partial charge in [0, 0.05) is 15.8 Å². The highest BCUT2D eigenvalue weighted by atomic mass is 79.9. The Kier molecular flexibility index (Phi) is 5.63. The van der Waals surface area contributed by atoms with Crippen LogP contribution in [0, 0.1) is 6.92 Å². The largest absolute Gasteiger partial charge is 0.495 e. The second-order valence-electron chi connectivity index (χ2n) is 4.72. The summed E-state index contributed by atoms with van der Waals surface area (Å²) in [5.41, 5.74) is 1.82. The normalized spacial score (nSPS) is 10.1. The highest BCUT2D eigenvalue weighted by Gasteiger charge is 2.15. The zero-order valence-corrected chi connectivity index (χ0v) is 14.8. The van der Waals surface area contributed by atoms with E-state index in [4.69, 9.17) is 16.3 Å². The van der Waals surface area contributed by atoms with E-state index in [-0.39, 0.29) is 0 Å². The van der Waals surface area contributed by atoms with Crippen LogP contribution in [-0.4, -0.2) is 18.9 Å². The van der Waals surface area contributed by atoms with Gasteiger partial charge in [-0.05, 0) is 48.9 Å². The fourth-order valence-electron chi connectivity index (χ4n) is 1.88. The Morgan fingerprint density at radius 1 is 1.09 bits per heavy atom. The molecule has 2 aromatic rings. The van der Waals surface area contributed by atoms with Crippen LogP contribution in [0.25, 0.3) is 0 Å². The summed E-state index contributed by atoms with van der Waals surface area (Å²) < 4.78 is 5.92. The van der Waals surface area contributed by atoms with Gasteiger partial charge in [0.2, 0.25) is 0 Å². The first kappa shape index (κ1) is 17.3. The van der Waals surface area contributed by atoms with Gasteiger partial charge in [-0.25, -0.2) is 0 Å². The Morgan fingerprint density at radius 2 is 1.78 bits per heavy atom. The van der Waals surface area contributed by atoms with Crippen molar-refractivity contribution < 1.29 is 14.3 Å². The first-order chi connectivity index (χ1) is 10.9. The minimum atomic E-state index is -0.784. The third kappa shape index (κ3) is 4.46. The van der Waals surface area contributed by atoms with Crippen molar-refractivity contribution in [2.45, 2.75) is 6.92 Å². The second-order valence-corrected chi connectivity index (χ2v) is 6.04. The number of nitrogens with one attached hydrogen (secondary N) is 2. The van der Waals surface area contributed by atoms with E-state index in [2.05, 4.69) is 26.6 Å². The summed E-state index contributed by atoms with van der Waals surface area (Å²) in [6.45, 7) is 1.83. The zero-order chi connectivity index (χ0) is 17.0. The number of aryl methyl sites for hydroxylation is 1. The Balaban J connectivity index is 2.05. The van der Waals surface area contributed by atoms with E-state index in [0.29, 0.717) is 22.1 Å². The molecule has 23 heavy (non-hydrogen) atoms. The molecular weight excluding hydrogens is 384 g/mol. The van der Waals surface area contributed by atoms with Gasteiger partial charge in [-0.2, -0.15) is 0 Å². The van der Waals surface area contributed by atoms with Crippen LogP contribution < -0.4 is 15.4 Å². The first-order valence-electron chi connectivity index (χ1n) is 6.62. The predicted molar refractivity (Wildman–Crippen MR) is 94.1 cm³/mol. The van der Waals surface area contributed by atoms with Gasteiger partial charge in [0.25, 0.3) is 0 Å². The van der Waals surface area contributed by atoms with E-state index in [9.17, 15) is 9.59 Å². The lowest BCUT2D eigenvalue weighted by atomic mass is 10.2. The van der Waals surface area contributed by atoms with Crippen LogP contribution in [0.2, 0.25) is 5.02 Å². The Morgan fingerprint density at radius 3 is 2.39 bits per heavy atom. The standard InChI is InChI=1S/C16H14BrClN2O3/c1-9-7-10(17)3-5-13(9)20-16(22)15(21)19-11-4-6-14(23-2)12(18)8-11/h3-8H,1-2H3,(H,19,21)(H,20,22). The number of hydrogen-bond acceptors (Lipinski definition) is 3. The van der Waals surface area contributed by atoms with Crippen LogP contribution in [0.5, 0.6) is 5.75 Å². The molecule has 0 aromatic heterocycles.